The first kappa shape index (κ1) is 16.9. The summed E-state index contributed by atoms with van der Waals surface area (Å²) in [5.74, 6) is 1.50. The van der Waals surface area contributed by atoms with Gasteiger partial charge in [-0.25, -0.2) is 0 Å². The summed E-state index contributed by atoms with van der Waals surface area (Å²) < 4.78 is 11.0. The van der Waals surface area contributed by atoms with E-state index in [9.17, 15) is 4.79 Å². The maximum Gasteiger partial charge on any atom is 0.251 e. The van der Waals surface area contributed by atoms with E-state index >= 15 is 0 Å². The quantitative estimate of drug-likeness (QED) is 0.759. The second-order valence-corrected chi connectivity index (χ2v) is 5.06. The molecular weight excluding hydrogens is 290 g/mol. The van der Waals surface area contributed by atoms with Crippen molar-refractivity contribution in [3.63, 3.8) is 0 Å². The van der Waals surface area contributed by atoms with Gasteiger partial charge in [0.2, 0.25) is 0 Å². The van der Waals surface area contributed by atoms with E-state index < -0.39 is 0 Å². The molecule has 122 valence electrons. The van der Waals surface area contributed by atoms with E-state index in [-0.39, 0.29) is 5.91 Å². The maximum atomic E-state index is 12.0. The molecule has 0 radical (unpaired) electrons. The summed E-state index contributed by atoms with van der Waals surface area (Å²) >= 11 is 0. The zero-order valence-electron chi connectivity index (χ0n) is 13.7. The van der Waals surface area contributed by atoms with Gasteiger partial charge in [0.15, 0.2) is 0 Å². The van der Waals surface area contributed by atoms with Crippen molar-refractivity contribution >= 4 is 5.91 Å². The second-order valence-electron chi connectivity index (χ2n) is 5.06. The normalized spacial score (nSPS) is 10.2. The zero-order chi connectivity index (χ0) is 16.5. The topological polar surface area (TPSA) is 47.6 Å². The lowest BCUT2D eigenvalue weighted by molar-refractivity contribution is 0.0947. The van der Waals surface area contributed by atoms with Crippen LogP contribution < -0.4 is 14.8 Å². The molecule has 0 fully saturated rings. The number of carbonyl (C=O) groups excluding carboxylic acids is 1. The van der Waals surface area contributed by atoms with Crippen molar-refractivity contribution in [1.29, 1.82) is 0 Å². The maximum absolute atomic E-state index is 12.0. The molecule has 0 aromatic heterocycles. The Morgan fingerprint density at radius 3 is 2.09 bits per heavy atom. The Hall–Kier alpha value is -2.49. The molecule has 2 aromatic carbocycles. The van der Waals surface area contributed by atoms with Crippen molar-refractivity contribution in [2.75, 3.05) is 19.8 Å². The number of benzene rings is 2. The lowest BCUT2D eigenvalue weighted by Crippen LogP contribution is -2.28. The molecule has 1 N–H and O–H groups in total. The van der Waals surface area contributed by atoms with Crippen molar-refractivity contribution in [2.24, 2.45) is 0 Å². The van der Waals surface area contributed by atoms with Gasteiger partial charge < -0.3 is 14.8 Å². The van der Waals surface area contributed by atoms with Gasteiger partial charge in [-0.2, -0.15) is 0 Å². The molecule has 23 heavy (non-hydrogen) atoms. The van der Waals surface area contributed by atoms with Crippen LogP contribution in [0.15, 0.2) is 48.5 Å². The highest BCUT2D eigenvalue weighted by molar-refractivity contribution is 5.94. The monoisotopic (exact) mass is 313 g/mol. The van der Waals surface area contributed by atoms with Crippen LogP contribution in [0.25, 0.3) is 0 Å². The first-order valence-electron chi connectivity index (χ1n) is 7.95. The number of ether oxygens (including phenoxy) is 2. The van der Waals surface area contributed by atoms with Crippen LogP contribution in [0.1, 0.15) is 29.8 Å². The minimum absolute atomic E-state index is 0.0806. The van der Waals surface area contributed by atoms with E-state index in [1.165, 1.54) is 5.56 Å². The van der Waals surface area contributed by atoms with Crippen molar-refractivity contribution in [3.8, 4) is 11.5 Å². The zero-order valence-corrected chi connectivity index (χ0v) is 13.7. The minimum Gasteiger partial charge on any atom is -0.494 e. The van der Waals surface area contributed by atoms with E-state index in [2.05, 4.69) is 12.2 Å². The molecule has 0 saturated heterocycles. The minimum atomic E-state index is -0.0806. The van der Waals surface area contributed by atoms with Gasteiger partial charge in [0, 0.05) is 5.56 Å². The van der Waals surface area contributed by atoms with Gasteiger partial charge in [0.25, 0.3) is 5.91 Å². The molecular formula is C19H23NO3. The van der Waals surface area contributed by atoms with Crippen LogP contribution in [-0.4, -0.2) is 25.7 Å². The fraction of sp³-hybridized carbons (Fsp3) is 0.316. The summed E-state index contributed by atoms with van der Waals surface area (Å²) in [5.41, 5.74) is 1.89. The average molecular weight is 313 g/mol. The number of carbonyl (C=O) groups is 1. The second kappa shape index (κ2) is 8.83. The molecule has 4 nitrogen and oxygen atoms in total. The highest BCUT2D eigenvalue weighted by Crippen LogP contribution is 2.17. The number of hydrogen-bond acceptors (Lipinski definition) is 3. The third-order valence-corrected chi connectivity index (χ3v) is 3.42. The van der Waals surface area contributed by atoms with Crippen LogP contribution in [0.5, 0.6) is 11.5 Å². The molecule has 0 unspecified atom stereocenters. The summed E-state index contributed by atoms with van der Waals surface area (Å²) in [7, 11) is 0. The van der Waals surface area contributed by atoms with Gasteiger partial charge in [0.1, 0.15) is 18.1 Å². The first-order chi connectivity index (χ1) is 11.2. The molecule has 0 atom stereocenters. The summed E-state index contributed by atoms with van der Waals surface area (Å²) in [6, 6.07) is 15.1. The largest absolute Gasteiger partial charge is 0.494 e. The van der Waals surface area contributed by atoms with Crippen molar-refractivity contribution in [2.45, 2.75) is 20.3 Å². The van der Waals surface area contributed by atoms with E-state index in [1.807, 2.05) is 55.5 Å². The lowest BCUT2D eigenvalue weighted by Gasteiger charge is -2.09. The summed E-state index contributed by atoms with van der Waals surface area (Å²) in [5, 5.41) is 2.85. The Bertz CT molecular complexity index is 606. The van der Waals surface area contributed by atoms with Crippen LogP contribution in [0.4, 0.5) is 0 Å². The third-order valence-electron chi connectivity index (χ3n) is 3.42. The highest BCUT2D eigenvalue weighted by Gasteiger charge is 2.04. The molecule has 2 aromatic rings. The van der Waals surface area contributed by atoms with Crippen LogP contribution in [-0.2, 0) is 6.42 Å². The van der Waals surface area contributed by atoms with Crippen molar-refractivity contribution in [1.82, 2.24) is 5.32 Å². The predicted molar refractivity (Wildman–Crippen MR) is 91.3 cm³/mol. The Labute approximate surface area is 137 Å². The summed E-state index contributed by atoms with van der Waals surface area (Å²) in [4.78, 5) is 12.0. The first-order valence-corrected chi connectivity index (χ1v) is 7.95. The van der Waals surface area contributed by atoms with Gasteiger partial charge in [0.05, 0.1) is 13.2 Å². The third kappa shape index (κ3) is 5.33. The smallest absolute Gasteiger partial charge is 0.251 e. The molecule has 0 bridgehead atoms. The Morgan fingerprint density at radius 1 is 0.913 bits per heavy atom. The standard InChI is InChI=1S/C19H23NO3/c1-3-15-5-7-16(8-6-15)19(21)20-13-14-23-18-11-9-17(10-12-18)22-4-2/h5-12H,3-4,13-14H2,1-2H3,(H,20,21). The molecule has 0 aliphatic carbocycles. The van der Waals surface area contributed by atoms with E-state index in [1.54, 1.807) is 0 Å². The molecule has 0 heterocycles. The highest BCUT2D eigenvalue weighted by atomic mass is 16.5. The summed E-state index contributed by atoms with van der Waals surface area (Å²) in [6.07, 6.45) is 0.970. The number of amides is 1. The van der Waals surface area contributed by atoms with Crippen molar-refractivity contribution < 1.29 is 14.3 Å². The SMILES string of the molecule is CCOc1ccc(OCCNC(=O)c2ccc(CC)cc2)cc1. The fourth-order valence-corrected chi connectivity index (χ4v) is 2.13. The summed E-state index contributed by atoms with van der Waals surface area (Å²) in [6.45, 7) is 5.57. The number of hydrogen-bond donors (Lipinski definition) is 1. The van der Waals surface area contributed by atoms with Gasteiger partial charge in [-0.05, 0) is 55.3 Å². The lowest BCUT2D eigenvalue weighted by atomic mass is 10.1. The molecule has 1 amide bonds. The average Bonchev–Trinajstić information content (AvgIpc) is 2.60. The Kier molecular flexibility index (Phi) is 6.48. The van der Waals surface area contributed by atoms with Gasteiger partial charge in [-0.3, -0.25) is 4.79 Å². The van der Waals surface area contributed by atoms with Crippen LogP contribution >= 0.6 is 0 Å². The molecule has 0 spiro atoms. The number of rotatable bonds is 8. The Balaban J connectivity index is 1.72. The molecule has 4 heteroatoms. The van der Waals surface area contributed by atoms with Crippen molar-refractivity contribution in [3.05, 3.63) is 59.7 Å². The number of aryl methyl sites for hydroxylation is 1. The van der Waals surface area contributed by atoms with Gasteiger partial charge in [-0.1, -0.05) is 19.1 Å². The molecule has 2 rings (SSSR count). The number of nitrogens with one attached hydrogen (secondary N) is 1. The van der Waals surface area contributed by atoms with E-state index in [0.29, 0.717) is 25.3 Å². The van der Waals surface area contributed by atoms with E-state index in [0.717, 1.165) is 17.9 Å². The van der Waals surface area contributed by atoms with Crippen LogP contribution in [0.2, 0.25) is 0 Å². The molecule has 0 aliphatic heterocycles. The van der Waals surface area contributed by atoms with Gasteiger partial charge in [-0.15, -0.1) is 0 Å². The van der Waals surface area contributed by atoms with Crippen LogP contribution in [0.3, 0.4) is 0 Å². The predicted octanol–water partition coefficient (Wildman–Crippen LogP) is 3.46. The van der Waals surface area contributed by atoms with E-state index in [4.69, 9.17) is 9.47 Å². The molecule has 0 saturated carbocycles. The molecule has 0 aliphatic rings. The Morgan fingerprint density at radius 2 is 1.52 bits per heavy atom. The fourth-order valence-electron chi connectivity index (χ4n) is 2.13. The van der Waals surface area contributed by atoms with Crippen LogP contribution in [0, 0.1) is 0 Å². The van der Waals surface area contributed by atoms with Gasteiger partial charge >= 0.3 is 0 Å².